The number of allylic oxidation sites excluding steroid dienone is 4. The smallest absolute Gasteiger partial charge is 0.226 e. The van der Waals surface area contributed by atoms with Crippen molar-refractivity contribution in [2.75, 3.05) is 18.0 Å². The summed E-state index contributed by atoms with van der Waals surface area (Å²) in [5.41, 5.74) is 4.88. The van der Waals surface area contributed by atoms with Crippen LogP contribution in [0.1, 0.15) is 51.6 Å². The number of ether oxygens (including phenoxy) is 1. The Balaban J connectivity index is 1.84. The maximum Gasteiger partial charge on any atom is 0.226 e. The second kappa shape index (κ2) is 8.58. The number of anilines is 1. The first-order chi connectivity index (χ1) is 14.7. The molecule has 1 aliphatic heterocycles. The number of aromatic nitrogens is 3. The fourth-order valence-corrected chi connectivity index (χ4v) is 4.67. The van der Waals surface area contributed by atoms with Crippen LogP contribution in [0.5, 0.6) is 0 Å². The van der Waals surface area contributed by atoms with Crippen LogP contribution in [-0.4, -0.2) is 40.4 Å². The summed E-state index contributed by atoms with van der Waals surface area (Å²) in [5.74, 6) is 3.06. The van der Waals surface area contributed by atoms with Crippen LogP contribution in [0.2, 0.25) is 0 Å². The minimum atomic E-state index is 0.144. The minimum Gasteiger partial charge on any atom is -0.372 e. The van der Waals surface area contributed by atoms with Gasteiger partial charge in [-0.25, -0.2) is 9.97 Å². The summed E-state index contributed by atoms with van der Waals surface area (Å²) < 4.78 is 11.4. The summed E-state index contributed by atoms with van der Waals surface area (Å²) in [6, 6.07) is 0. The fourth-order valence-electron chi connectivity index (χ4n) is 4.67. The lowest BCUT2D eigenvalue weighted by Crippen LogP contribution is -2.46. The first kappa shape index (κ1) is 21.8. The Labute approximate surface area is 185 Å². The second-order valence-corrected chi connectivity index (χ2v) is 9.35. The quantitative estimate of drug-likeness (QED) is 0.675. The molecule has 0 aromatic carbocycles. The molecule has 166 valence electrons. The third-order valence-electron chi connectivity index (χ3n) is 6.74. The highest BCUT2D eigenvalue weighted by molar-refractivity contribution is 5.85. The van der Waals surface area contributed by atoms with E-state index in [1.807, 2.05) is 20.0 Å². The Bertz CT molecular complexity index is 979. The molecule has 1 fully saturated rings. The van der Waals surface area contributed by atoms with Crippen LogP contribution in [0, 0.1) is 31.6 Å². The van der Waals surface area contributed by atoms with Gasteiger partial charge in [0.15, 0.2) is 0 Å². The number of rotatable bonds is 3. The number of hydrogen-bond donors (Lipinski definition) is 0. The molecule has 6 heteroatoms. The van der Waals surface area contributed by atoms with Crippen molar-refractivity contribution in [3.05, 3.63) is 41.4 Å². The van der Waals surface area contributed by atoms with Crippen molar-refractivity contribution < 1.29 is 9.26 Å². The van der Waals surface area contributed by atoms with E-state index in [2.05, 4.69) is 62.9 Å². The van der Waals surface area contributed by atoms with E-state index in [1.165, 1.54) is 0 Å². The fraction of sp³-hybridized carbons (Fsp3) is 0.560. The van der Waals surface area contributed by atoms with E-state index in [0.29, 0.717) is 17.8 Å². The molecule has 5 atom stereocenters. The van der Waals surface area contributed by atoms with Crippen molar-refractivity contribution in [2.45, 2.75) is 60.7 Å². The summed E-state index contributed by atoms with van der Waals surface area (Å²) >= 11 is 0. The summed E-state index contributed by atoms with van der Waals surface area (Å²) in [5, 5.41) is 4.20. The van der Waals surface area contributed by atoms with Gasteiger partial charge in [-0.15, -0.1) is 0 Å². The van der Waals surface area contributed by atoms with Gasteiger partial charge in [0, 0.05) is 24.8 Å². The molecule has 1 aliphatic carbocycles. The van der Waals surface area contributed by atoms with E-state index in [9.17, 15) is 0 Å². The first-order valence-corrected chi connectivity index (χ1v) is 11.4. The van der Waals surface area contributed by atoms with Crippen LogP contribution in [0.4, 0.5) is 5.95 Å². The molecule has 2 aromatic rings. The van der Waals surface area contributed by atoms with Crippen LogP contribution in [0.25, 0.3) is 16.8 Å². The van der Waals surface area contributed by atoms with Crippen LogP contribution in [-0.2, 0) is 4.74 Å². The highest BCUT2D eigenvalue weighted by atomic mass is 16.5. The van der Waals surface area contributed by atoms with Gasteiger partial charge in [0.25, 0.3) is 0 Å². The van der Waals surface area contributed by atoms with Crippen LogP contribution in [0.15, 0.2) is 28.9 Å². The molecule has 3 heterocycles. The zero-order valence-electron chi connectivity index (χ0n) is 19.7. The number of aryl methyl sites for hydroxylation is 2. The summed E-state index contributed by atoms with van der Waals surface area (Å²) in [7, 11) is 0. The number of nitrogens with zero attached hydrogens (tertiary/aromatic N) is 4. The topological polar surface area (TPSA) is 64.3 Å². The van der Waals surface area contributed by atoms with Gasteiger partial charge < -0.3 is 14.2 Å². The lowest BCUT2D eigenvalue weighted by atomic mass is 9.85. The molecular formula is C25H34N4O2. The van der Waals surface area contributed by atoms with E-state index < -0.39 is 0 Å². The normalized spacial score (nSPS) is 29.1. The molecule has 0 spiro atoms. The van der Waals surface area contributed by atoms with Crippen molar-refractivity contribution >= 4 is 11.5 Å². The number of morpholine rings is 1. The molecule has 1 saturated heterocycles. The highest BCUT2D eigenvalue weighted by Gasteiger charge is 2.27. The lowest BCUT2D eigenvalue weighted by molar-refractivity contribution is -0.00571. The van der Waals surface area contributed by atoms with Crippen molar-refractivity contribution in [3.63, 3.8) is 0 Å². The van der Waals surface area contributed by atoms with Crippen LogP contribution < -0.4 is 4.90 Å². The van der Waals surface area contributed by atoms with Crippen molar-refractivity contribution in [3.8, 4) is 11.3 Å². The monoisotopic (exact) mass is 422 g/mol. The van der Waals surface area contributed by atoms with E-state index >= 15 is 0 Å². The van der Waals surface area contributed by atoms with E-state index in [0.717, 1.165) is 52.9 Å². The Morgan fingerprint density at radius 1 is 1.00 bits per heavy atom. The number of hydrogen-bond acceptors (Lipinski definition) is 6. The average molecular weight is 423 g/mol. The summed E-state index contributed by atoms with van der Waals surface area (Å²) in [6.07, 6.45) is 9.14. The molecule has 2 aliphatic rings. The standard InChI is InChI=1S/C25H34N4O2/c1-14-8-9-21(10-15(2)18(14)5)22-11-26-25(29-12-16(3)30-17(4)13-29)27-24(22)23-19(6)28-31-20(23)7/h8-11,14-18H,12-13H2,1-7H3. The maximum atomic E-state index is 5.90. The second-order valence-electron chi connectivity index (χ2n) is 9.35. The third-order valence-corrected chi connectivity index (χ3v) is 6.74. The summed E-state index contributed by atoms with van der Waals surface area (Å²) in [4.78, 5) is 12.1. The zero-order chi connectivity index (χ0) is 22.3. The van der Waals surface area contributed by atoms with Gasteiger partial charge in [-0.1, -0.05) is 44.2 Å². The third kappa shape index (κ3) is 4.31. The van der Waals surface area contributed by atoms with Gasteiger partial charge in [-0.05, 0) is 51.0 Å². The lowest BCUT2D eigenvalue weighted by Gasteiger charge is -2.35. The summed E-state index contributed by atoms with van der Waals surface area (Å²) in [6.45, 7) is 16.5. The van der Waals surface area contributed by atoms with Crippen molar-refractivity contribution in [2.24, 2.45) is 17.8 Å². The molecule has 0 saturated carbocycles. The molecule has 31 heavy (non-hydrogen) atoms. The SMILES string of the molecule is Cc1noc(C)c1-c1nc(N2CC(C)OC(C)C2)ncc1C1=CC(C)C(C)C(C)C=C1. The van der Waals surface area contributed by atoms with Crippen molar-refractivity contribution in [1.29, 1.82) is 0 Å². The Hall–Kier alpha value is -2.47. The Kier molecular flexibility index (Phi) is 6.02. The largest absolute Gasteiger partial charge is 0.372 e. The Morgan fingerprint density at radius 3 is 2.35 bits per heavy atom. The average Bonchev–Trinajstić information content (AvgIpc) is 3.00. The minimum absolute atomic E-state index is 0.144. The molecule has 6 nitrogen and oxygen atoms in total. The predicted octanol–water partition coefficient (Wildman–Crippen LogP) is 5.22. The van der Waals surface area contributed by atoms with Crippen LogP contribution >= 0.6 is 0 Å². The first-order valence-electron chi connectivity index (χ1n) is 11.4. The molecule has 5 unspecified atom stereocenters. The molecule has 4 rings (SSSR count). The highest BCUT2D eigenvalue weighted by Crippen LogP contribution is 2.37. The van der Waals surface area contributed by atoms with Crippen molar-refractivity contribution in [1.82, 2.24) is 15.1 Å². The molecule has 0 N–H and O–H groups in total. The van der Waals surface area contributed by atoms with Gasteiger partial charge in [-0.3, -0.25) is 0 Å². The molecule has 2 aromatic heterocycles. The predicted molar refractivity (Wildman–Crippen MR) is 124 cm³/mol. The molecule has 0 radical (unpaired) electrons. The van der Waals surface area contributed by atoms with E-state index in [1.54, 1.807) is 0 Å². The van der Waals surface area contributed by atoms with Gasteiger partial charge in [0.2, 0.25) is 5.95 Å². The van der Waals surface area contributed by atoms with Gasteiger partial charge in [0.05, 0.1) is 29.2 Å². The Morgan fingerprint density at radius 2 is 1.71 bits per heavy atom. The molecule has 0 bridgehead atoms. The van der Waals surface area contributed by atoms with E-state index in [4.69, 9.17) is 19.2 Å². The van der Waals surface area contributed by atoms with Gasteiger partial charge in [-0.2, -0.15) is 0 Å². The molecule has 0 amide bonds. The van der Waals surface area contributed by atoms with Gasteiger partial charge >= 0.3 is 0 Å². The van der Waals surface area contributed by atoms with E-state index in [-0.39, 0.29) is 12.2 Å². The zero-order valence-corrected chi connectivity index (χ0v) is 19.7. The van der Waals surface area contributed by atoms with Gasteiger partial charge in [0.1, 0.15) is 5.76 Å². The maximum absolute atomic E-state index is 5.90. The molecular weight excluding hydrogens is 388 g/mol. The van der Waals surface area contributed by atoms with Crippen LogP contribution in [0.3, 0.4) is 0 Å².